The molecule has 28 heavy (non-hydrogen) atoms. The molecule has 4 nitrogen and oxygen atoms in total. The molecule has 0 heterocycles. The van der Waals surface area contributed by atoms with E-state index in [0.29, 0.717) is 21.3 Å². The molecule has 0 aliphatic carbocycles. The van der Waals surface area contributed by atoms with Crippen molar-refractivity contribution < 1.29 is 41.0 Å². The van der Waals surface area contributed by atoms with E-state index in [-0.39, 0.29) is 24.0 Å². The van der Waals surface area contributed by atoms with Gasteiger partial charge >= 0.3 is 12.4 Å². The summed E-state index contributed by atoms with van der Waals surface area (Å²) in [7, 11) is 1.28. The van der Waals surface area contributed by atoms with E-state index >= 15 is 0 Å². The highest BCUT2D eigenvalue weighted by atomic mass is 127. The van der Waals surface area contributed by atoms with Crippen molar-refractivity contribution >= 4 is 34.2 Å². The Bertz CT molecular complexity index is 863. The van der Waals surface area contributed by atoms with Gasteiger partial charge in [-0.1, -0.05) is 0 Å². The summed E-state index contributed by atoms with van der Waals surface area (Å²) in [5, 5.41) is 11.7. The van der Waals surface area contributed by atoms with E-state index in [4.69, 9.17) is 4.74 Å². The normalized spacial score (nSPS) is 12.0. The number of methoxy groups -OCH3 is 1. The Balaban J connectivity index is 2.31. The number of phenols is 1. The number of alkyl halides is 6. The van der Waals surface area contributed by atoms with Crippen LogP contribution in [-0.4, -0.2) is 18.1 Å². The van der Waals surface area contributed by atoms with Crippen LogP contribution in [0.5, 0.6) is 11.5 Å². The van der Waals surface area contributed by atoms with Crippen LogP contribution in [0.3, 0.4) is 0 Å². The van der Waals surface area contributed by atoms with Crippen LogP contribution in [0.1, 0.15) is 16.7 Å². The van der Waals surface area contributed by atoms with Gasteiger partial charge in [-0.2, -0.15) is 26.3 Å². The van der Waals surface area contributed by atoms with Crippen molar-refractivity contribution in [3.63, 3.8) is 0 Å². The average Bonchev–Trinajstić information content (AvgIpc) is 2.55. The molecule has 2 aromatic carbocycles. The number of carbonyl (C=O) groups is 1. The fraction of sp³-hybridized carbons (Fsp3) is 0.235. The van der Waals surface area contributed by atoms with Gasteiger partial charge in [0.05, 0.1) is 24.7 Å². The van der Waals surface area contributed by atoms with E-state index < -0.39 is 35.1 Å². The monoisotopic (exact) mass is 519 g/mol. The molecule has 0 fully saturated rings. The minimum Gasteiger partial charge on any atom is -0.504 e. The minimum absolute atomic E-state index is 0.0244. The van der Waals surface area contributed by atoms with E-state index in [1.807, 2.05) is 27.9 Å². The van der Waals surface area contributed by atoms with Crippen molar-refractivity contribution in [3.8, 4) is 11.5 Å². The Morgan fingerprint density at radius 3 is 2.04 bits per heavy atom. The number of hydrogen-bond donors (Lipinski definition) is 2. The second kappa shape index (κ2) is 8.05. The van der Waals surface area contributed by atoms with Crippen molar-refractivity contribution in [1.29, 1.82) is 0 Å². The molecule has 0 atom stereocenters. The molecule has 2 N–H and O–H groups in total. The van der Waals surface area contributed by atoms with Crippen LogP contribution in [-0.2, 0) is 23.6 Å². The summed E-state index contributed by atoms with van der Waals surface area (Å²) in [4.78, 5) is 12.2. The van der Waals surface area contributed by atoms with E-state index in [1.54, 1.807) is 0 Å². The van der Waals surface area contributed by atoms with Crippen LogP contribution in [0, 0.1) is 3.57 Å². The molecule has 0 aromatic heterocycles. The number of phenolic OH excluding ortho intramolecular Hbond substituents is 1. The fourth-order valence-electron chi connectivity index (χ4n) is 2.29. The zero-order chi connectivity index (χ0) is 21.3. The van der Waals surface area contributed by atoms with Gasteiger partial charge in [0.15, 0.2) is 11.5 Å². The molecule has 11 heteroatoms. The number of amides is 1. The predicted octanol–water partition coefficient (Wildman–Crippen LogP) is 5.22. The lowest BCUT2D eigenvalue weighted by molar-refractivity contribution is -0.143. The summed E-state index contributed by atoms with van der Waals surface area (Å²) >= 11 is 1.82. The van der Waals surface area contributed by atoms with Crippen molar-refractivity contribution in [1.82, 2.24) is 0 Å². The number of aromatic hydroxyl groups is 1. The van der Waals surface area contributed by atoms with E-state index in [2.05, 4.69) is 0 Å². The highest BCUT2D eigenvalue weighted by Crippen LogP contribution is 2.37. The molecule has 0 aliphatic heterocycles. The van der Waals surface area contributed by atoms with E-state index in [9.17, 15) is 36.2 Å². The third kappa shape index (κ3) is 5.42. The molecule has 0 unspecified atom stereocenters. The summed E-state index contributed by atoms with van der Waals surface area (Å²) in [6.45, 7) is 0. The lowest BCUT2D eigenvalue weighted by atomic mass is 10.1. The van der Waals surface area contributed by atoms with Gasteiger partial charge in [0.1, 0.15) is 0 Å². The first-order valence-corrected chi connectivity index (χ1v) is 8.54. The molecule has 0 saturated carbocycles. The van der Waals surface area contributed by atoms with E-state index in [0.717, 1.165) is 0 Å². The number of anilines is 1. The molecule has 0 spiro atoms. The van der Waals surface area contributed by atoms with Crippen LogP contribution >= 0.6 is 22.6 Å². The van der Waals surface area contributed by atoms with Crippen molar-refractivity contribution in [3.05, 3.63) is 50.6 Å². The second-order valence-corrected chi connectivity index (χ2v) is 6.80. The molecule has 0 aliphatic rings. The van der Waals surface area contributed by atoms with Crippen molar-refractivity contribution in [2.24, 2.45) is 0 Å². The molecule has 152 valence electrons. The van der Waals surface area contributed by atoms with Gasteiger partial charge in [0.2, 0.25) is 5.91 Å². The number of ether oxygens (including phenoxy) is 1. The number of benzene rings is 2. The smallest absolute Gasteiger partial charge is 0.416 e. The maximum Gasteiger partial charge on any atom is 0.416 e. The topological polar surface area (TPSA) is 58.6 Å². The molecule has 2 rings (SSSR count). The van der Waals surface area contributed by atoms with Crippen LogP contribution in [0.2, 0.25) is 0 Å². The first kappa shape index (κ1) is 22.1. The number of rotatable bonds is 4. The van der Waals surface area contributed by atoms with Crippen LogP contribution < -0.4 is 10.1 Å². The lowest BCUT2D eigenvalue weighted by Gasteiger charge is -2.15. The number of carbonyl (C=O) groups excluding carboxylic acids is 1. The maximum absolute atomic E-state index is 12.9. The molecular formula is C17H12F6INO3. The van der Waals surface area contributed by atoms with Gasteiger partial charge < -0.3 is 15.2 Å². The highest BCUT2D eigenvalue weighted by molar-refractivity contribution is 14.1. The summed E-state index contributed by atoms with van der Waals surface area (Å²) in [6, 6.07) is 3.49. The predicted molar refractivity (Wildman–Crippen MR) is 96.2 cm³/mol. The van der Waals surface area contributed by atoms with Gasteiger partial charge in [0.25, 0.3) is 0 Å². The Morgan fingerprint density at radius 1 is 1.04 bits per heavy atom. The van der Waals surface area contributed by atoms with Crippen LogP contribution in [0.15, 0.2) is 30.3 Å². The summed E-state index contributed by atoms with van der Waals surface area (Å²) in [6.07, 6.45) is -10.4. The standard InChI is InChI=1S/C17H12F6INO3/c1-28-14-2-8(12(24)7-13(14)26)3-15(27)25-11-5-9(16(18,19)20)4-10(6-11)17(21,22)23/h2,4-7,26H,3H2,1H3,(H,25,27). The van der Waals surface area contributed by atoms with Gasteiger partial charge in [-0.25, -0.2) is 0 Å². The highest BCUT2D eigenvalue weighted by Gasteiger charge is 2.37. The number of hydrogen-bond acceptors (Lipinski definition) is 3. The zero-order valence-electron chi connectivity index (χ0n) is 14.0. The summed E-state index contributed by atoms with van der Waals surface area (Å²) in [5.41, 5.74) is -3.32. The molecule has 2 aromatic rings. The lowest BCUT2D eigenvalue weighted by Crippen LogP contribution is -2.17. The first-order valence-electron chi connectivity index (χ1n) is 7.46. The minimum atomic E-state index is -5.01. The molecule has 0 radical (unpaired) electrons. The van der Waals surface area contributed by atoms with Gasteiger partial charge in [-0.3, -0.25) is 4.79 Å². The number of halogens is 7. The zero-order valence-corrected chi connectivity index (χ0v) is 16.2. The molecule has 0 saturated heterocycles. The van der Waals surface area contributed by atoms with Crippen molar-refractivity contribution in [2.75, 3.05) is 12.4 Å². The van der Waals surface area contributed by atoms with Gasteiger partial charge in [0, 0.05) is 9.26 Å². The van der Waals surface area contributed by atoms with E-state index in [1.165, 1.54) is 19.2 Å². The second-order valence-electron chi connectivity index (χ2n) is 5.63. The maximum atomic E-state index is 12.9. The molecule has 1 amide bonds. The van der Waals surface area contributed by atoms with Gasteiger partial charge in [-0.15, -0.1) is 0 Å². The Hall–Kier alpha value is -2.18. The largest absolute Gasteiger partial charge is 0.504 e. The Morgan fingerprint density at radius 2 is 1.57 bits per heavy atom. The SMILES string of the molecule is COc1cc(CC(=O)Nc2cc(C(F)(F)F)cc(C(F)(F)F)c2)c(I)cc1O. The summed E-state index contributed by atoms with van der Waals surface area (Å²) in [5.74, 6) is -0.941. The third-order valence-corrected chi connectivity index (χ3v) is 4.57. The van der Waals surface area contributed by atoms with Crippen molar-refractivity contribution in [2.45, 2.75) is 18.8 Å². The fourth-order valence-corrected chi connectivity index (χ4v) is 2.93. The molecular weight excluding hydrogens is 507 g/mol. The Labute approximate surface area is 168 Å². The van der Waals surface area contributed by atoms with Crippen LogP contribution in [0.25, 0.3) is 0 Å². The third-order valence-electron chi connectivity index (χ3n) is 3.57. The number of nitrogens with one attached hydrogen (secondary N) is 1. The average molecular weight is 519 g/mol. The van der Waals surface area contributed by atoms with Crippen LogP contribution in [0.4, 0.5) is 32.0 Å². The summed E-state index contributed by atoms with van der Waals surface area (Å²) < 4.78 is 82.6. The first-order chi connectivity index (χ1) is 12.8. The van der Waals surface area contributed by atoms with Gasteiger partial charge in [-0.05, 0) is 58.5 Å². The Kier molecular flexibility index (Phi) is 6.36. The molecule has 0 bridgehead atoms. The quantitative estimate of drug-likeness (QED) is 0.430.